The zero-order chi connectivity index (χ0) is 10.9. The number of fused-ring (bicyclic) bond motifs is 1. The first-order valence-electron chi connectivity index (χ1n) is 5.33. The van der Waals surface area contributed by atoms with Gasteiger partial charge in [-0.1, -0.05) is 12.1 Å². The molecule has 15 heavy (non-hydrogen) atoms. The van der Waals surface area contributed by atoms with Crippen molar-refractivity contribution in [1.29, 1.82) is 0 Å². The van der Waals surface area contributed by atoms with Crippen LogP contribution in [0.2, 0.25) is 0 Å². The molecule has 82 valence electrons. The normalized spacial score (nSPS) is 16.2. The lowest BCUT2D eigenvalue weighted by Crippen LogP contribution is -2.25. The Balaban J connectivity index is 2.36. The van der Waals surface area contributed by atoms with E-state index in [1.807, 2.05) is 6.07 Å². The van der Waals surface area contributed by atoms with E-state index in [4.69, 9.17) is 5.73 Å². The largest absolute Gasteiger partial charge is 0.325 e. The minimum Gasteiger partial charge on any atom is -0.325 e. The molecule has 0 amide bonds. The molecule has 1 nitrogen and oxygen atoms in total. The van der Waals surface area contributed by atoms with Crippen LogP contribution in [-0.4, -0.2) is 6.54 Å². The Morgan fingerprint density at radius 2 is 1.80 bits per heavy atom. The van der Waals surface area contributed by atoms with Crippen molar-refractivity contribution in [1.82, 2.24) is 0 Å². The molecule has 0 radical (unpaired) electrons. The number of nitrogens with two attached hydrogens (primary N) is 1. The van der Waals surface area contributed by atoms with Gasteiger partial charge >= 0.3 is 0 Å². The zero-order valence-electron chi connectivity index (χ0n) is 8.60. The van der Waals surface area contributed by atoms with Crippen LogP contribution in [0.25, 0.3) is 0 Å². The molecule has 0 unspecified atom stereocenters. The maximum atomic E-state index is 13.3. The summed E-state index contributed by atoms with van der Waals surface area (Å²) in [6.45, 7) is -0.619. The predicted molar refractivity (Wildman–Crippen MR) is 56.0 cm³/mol. The van der Waals surface area contributed by atoms with Gasteiger partial charge < -0.3 is 5.73 Å². The molecule has 0 saturated carbocycles. The molecule has 2 N–H and O–H groups in total. The maximum absolute atomic E-state index is 13.3. The van der Waals surface area contributed by atoms with E-state index in [9.17, 15) is 8.78 Å². The van der Waals surface area contributed by atoms with Gasteiger partial charge in [0.2, 0.25) is 0 Å². The van der Waals surface area contributed by atoms with Gasteiger partial charge in [0, 0.05) is 5.56 Å². The molecule has 0 heterocycles. The Morgan fingerprint density at radius 3 is 2.47 bits per heavy atom. The van der Waals surface area contributed by atoms with Gasteiger partial charge in [-0.25, -0.2) is 0 Å². The van der Waals surface area contributed by atoms with Crippen molar-refractivity contribution in [3.05, 3.63) is 34.9 Å². The number of hydrogen-bond acceptors (Lipinski definition) is 1. The number of alkyl halides is 2. The van der Waals surface area contributed by atoms with Crippen molar-refractivity contribution in [3.63, 3.8) is 0 Å². The van der Waals surface area contributed by atoms with Crippen LogP contribution in [0.15, 0.2) is 18.2 Å². The molecule has 0 aromatic heterocycles. The smallest absolute Gasteiger partial charge is 0.285 e. The predicted octanol–water partition coefficient (Wildman–Crippen LogP) is 2.62. The molecule has 1 aromatic rings. The average Bonchev–Trinajstić information content (AvgIpc) is 2.28. The molecule has 0 aliphatic heterocycles. The van der Waals surface area contributed by atoms with Crippen LogP contribution in [0, 0.1) is 0 Å². The van der Waals surface area contributed by atoms with Crippen molar-refractivity contribution in [3.8, 4) is 0 Å². The van der Waals surface area contributed by atoms with Crippen LogP contribution in [0.1, 0.15) is 29.5 Å². The van der Waals surface area contributed by atoms with Gasteiger partial charge in [-0.2, -0.15) is 8.78 Å². The van der Waals surface area contributed by atoms with Gasteiger partial charge in [-0.15, -0.1) is 0 Å². The van der Waals surface area contributed by atoms with E-state index in [1.165, 1.54) is 18.1 Å². The minimum absolute atomic E-state index is 0.0608. The van der Waals surface area contributed by atoms with E-state index < -0.39 is 12.5 Å². The summed E-state index contributed by atoms with van der Waals surface area (Å²) in [5, 5.41) is 0. The summed E-state index contributed by atoms with van der Waals surface area (Å²) in [6.07, 6.45) is 4.21. The number of hydrogen-bond donors (Lipinski definition) is 1. The van der Waals surface area contributed by atoms with E-state index in [1.54, 1.807) is 6.07 Å². The number of halogens is 2. The fourth-order valence-electron chi connectivity index (χ4n) is 2.08. The monoisotopic (exact) mass is 211 g/mol. The molecule has 2 rings (SSSR count). The third-order valence-corrected chi connectivity index (χ3v) is 3.03. The lowest BCUT2D eigenvalue weighted by molar-refractivity contribution is 0.00585. The van der Waals surface area contributed by atoms with Crippen LogP contribution in [0.3, 0.4) is 0 Å². The average molecular weight is 211 g/mol. The highest BCUT2D eigenvalue weighted by Gasteiger charge is 2.30. The molecule has 0 fully saturated rings. The molecule has 1 aliphatic carbocycles. The quantitative estimate of drug-likeness (QED) is 0.799. The van der Waals surface area contributed by atoms with Crippen LogP contribution in [-0.2, 0) is 18.8 Å². The van der Waals surface area contributed by atoms with E-state index >= 15 is 0 Å². The van der Waals surface area contributed by atoms with Crippen LogP contribution < -0.4 is 5.73 Å². The van der Waals surface area contributed by atoms with Crippen LogP contribution >= 0.6 is 0 Å². The SMILES string of the molecule is NCC(F)(F)c1ccc2c(c1)CCCC2. The molecular formula is C12H15F2N. The molecule has 0 bridgehead atoms. The second-order valence-electron chi connectivity index (χ2n) is 4.10. The summed E-state index contributed by atoms with van der Waals surface area (Å²) < 4.78 is 26.7. The summed E-state index contributed by atoms with van der Waals surface area (Å²) in [7, 11) is 0. The minimum atomic E-state index is -2.88. The Hall–Kier alpha value is -0.960. The van der Waals surface area contributed by atoms with Crippen LogP contribution in [0.5, 0.6) is 0 Å². The van der Waals surface area contributed by atoms with Gasteiger partial charge in [0.15, 0.2) is 0 Å². The molecule has 0 saturated heterocycles. The van der Waals surface area contributed by atoms with E-state index in [-0.39, 0.29) is 5.56 Å². The third-order valence-electron chi connectivity index (χ3n) is 3.03. The summed E-state index contributed by atoms with van der Waals surface area (Å²) in [5.74, 6) is -2.88. The summed E-state index contributed by atoms with van der Waals surface area (Å²) >= 11 is 0. The fraction of sp³-hybridized carbons (Fsp3) is 0.500. The zero-order valence-corrected chi connectivity index (χ0v) is 8.60. The van der Waals surface area contributed by atoms with E-state index in [0.29, 0.717) is 0 Å². The van der Waals surface area contributed by atoms with Gasteiger partial charge in [-0.3, -0.25) is 0 Å². The summed E-state index contributed by atoms with van der Waals surface area (Å²) in [5.41, 5.74) is 7.42. The highest BCUT2D eigenvalue weighted by atomic mass is 19.3. The first-order chi connectivity index (χ1) is 7.13. The van der Waals surface area contributed by atoms with Crippen molar-refractivity contribution in [2.75, 3.05) is 6.54 Å². The number of benzene rings is 1. The fourth-order valence-corrected chi connectivity index (χ4v) is 2.08. The Bertz CT molecular complexity index is 361. The number of rotatable bonds is 2. The highest BCUT2D eigenvalue weighted by molar-refractivity contribution is 5.35. The van der Waals surface area contributed by atoms with Crippen molar-refractivity contribution >= 4 is 0 Å². The van der Waals surface area contributed by atoms with Gasteiger partial charge in [-0.05, 0) is 42.9 Å². The topological polar surface area (TPSA) is 26.0 Å². The van der Waals surface area contributed by atoms with Gasteiger partial charge in [0.25, 0.3) is 5.92 Å². The van der Waals surface area contributed by atoms with E-state index in [0.717, 1.165) is 24.8 Å². The lowest BCUT2D eigenvalue weighted by atomic mass is 9.89. The van der Waals surface area contributed by atoms with Crippen molar-refractivity contribution in [2.45, 2.75) is 31.6 Å². The lowest BCUT2D eigenvalue weighted by Gasteiger charge is -2.20. The second-order valence-corrected chi connectivity index (χ2v) is 4.10. The second kappa shape index (κ2) is 3.89. The highest BCUT2D eigenvalue weighted by Crippen LogP contribution is 2.30. The van der Waals surface area contributed by atoms with Gasteiger partial charge in [0.1, 0.15) is 0 Å². The van der Waals surface area contributed by atoms with Crippen LogP contribution in [0.4, 0.5) is 8.78 Å². The molecule has 3 heteroatoms. The summed E-state index contributed by atoms with van der Waals surface area (Å²) in [6, 6.07) is 4.96. The number of aryl methyl sites for hydroxylation is 2. The molecule has 1 aromatic carbocycles. The molecular weight excluding hydrogens is 196 g/mol. The molecule has 0 atom stereocenters. The third kappa shape index (κ3) is 2.02. The Morgan fingerprint density at radius 1 is 1.13 bits per heavy atom. The first-order valence-corrected chi connectivity index (χ1v) is 5.33. The molecule has 1 aliphatic rings. The van der Waals surface area contributed by atoms with E-state index in [2.05, 4.69) is 0 Å². The maximum Gasteiger partial charge on any atom is 0.285 e. The molecule has 0 spiro atoms. The first kappa shape index (κ1) is 10.6. The van der Waals surface area contributed by atoms with Crippen molar-refractivity contribution in [2.24, 2.45) is 5.73 Å². The Labute approximate surface area is 88.3 Å². The van der Waals surface area contributed by atoms with Gasteiger partial charge in [0.05, 0.1) is 6.54 Å². The summed E-state index contributed by atoms with van der Waals surface area (Å²) in [4.78, 5) is 0. The van der Waals surface area contributed by atoms with Crippen molar-refractivity contribution < 1.29 is 8.78 Å². The Kier molecular flexibility index (Phi) is 2.74. The standard InChI is InChI=1S/C12H15F2N/c13-12(14,8-15)11-6-5-9-3-1-2-4-10(9)7-11/h5-7H,1-4,8,15H2.